The van der Waals surface area contributed by atoms with E-state index in [4.69, 9.17) is 5.26 Å². The fourth-order valence-corrected chi connectivity index (χ4v) is 2.26. The van der Waals surface area contributed by atoms with E-state index in [1.165, 1.54) is 0 Å². The van der Waals surface area contributed by atoms with Gasteiger partial charge in [0.25, 0.3) is 0 Å². The summed E-state index contributed by atoms with van der Waals surface area (Å²) in [6.07, 6.45) is -4.40. The quantitative estimate of drug-likeness (QED) is 0.861. The first kappa shape index (κ1) is 19.7. The van der Waals surface area contributed by atoms with Crippen LogP contribution in [0, 0.1) is 17.2 Å². The number of carbonyl (C=O) groups is 1. The van der Waals surface area contributed by atoms with Crippen LogP contribution in [0.1, 0.15) is 26.0 Å². The van der Waals surface area contributed by atoms with Crippen molar-refractivity contribution < 1.29 is 23.1 Å². The van der Waals surface area contributed by atoms with E-state index in [1.807, 2.05) is 19.9 Å². The van der Waals surface area contributed by atoms with E-state index in [-0.39, 0.29) is 6.42 Å². The first-order valence-corrected chi connectivity index (χ1v) is 7.40. The summed E-state index contributed by atoms with van der Waals surface area (Å²) in [6.45, 7) is 4.31. The van der Waals surface area contributed by atoms with Gasteiger partial charge in [0.2, 0.25) is 5.91 Å². The molecule has 2 unspecified atom stereocenters. The number of rotatable bonds is 2. The molecule has 1 aromatic heterocycles. The predicted molar refractivity (Wildman–Crippen MR) is 81.0 cm³/mol. The summed E-state index contributed by atoms with van der Waals surface area (Å²) in [4.78, 5) is 17.0. The maximum atomic E-state index is 12.6. The maximum absolute atomic E-state index is 12.6. The molecule has 1 amide bonds. The van der Waals surface area contributed by atoms with Crippen LogP contribution in [0.2, 0.25) is 0 Å². The molecule has 0 radical (unpaired) electrons. The molecule has 9 heteroatoms. The number of amides is 1. The zero-order chi connectivity index (χ0) is 18.5. The molecule has 1 fully saturated rings. The lowest BCUT2D eigenvalue weighted by molar-refractivity contribution is -0.141. The first-order chi connectivity index (χ1) is 11.2. The summed E-state index contributed by atoms with van der Waals surface area (Å²) >= 11 is 0. The van der Waals surface area contributed by atoms with Crippen molar-refractivity contribution in [1.29, 1.82) is 5.26 Å². The normalized spacial score (nSPS) is 20.7. The molecule has 1 saturated heterocycles. The number of anilines is 1. The highest BCUT2D eigenvalue weighted by Crippen LogP contribution is 2.32. The van der Waals surface area contributed by atoms with Crippen molar-refractivity contribution >= 4 is 11.7 Å². The molecule has 2 atom stereocenters. The SMILES string of the molecule is CC.CN1CC(C(=O)Nc2nc(C(F)(F)F)ccc2O)CC1C#N. The van der Waals surface area contributed by atoms with E-state index in [0.717, 1.165) is 6.07 Å². The first-order valence-electron chi connectivity index (χ1n) is 7.40. The number of nitrogens with zero attached hydrogens (tertiary/aromatic N) is 3. The average Bonchev–Trinajstić information content (AvgIpc) is 2.91. The summed E-state index contributed by atoms with van der Waals surface area (Å²) < 4.78 is 37.8. The van der Waals surface area contributed by atoms with Gasteiger partial charge in [-0.3, -0.25) is 9.69 Å². The molecular formula is C15H19F3N4O2. The second-order valence-corrected chi connectivity index (χ2v) is 5.07. The van der Waals surface area contributed by atoms with E-state index in [9.17, 15) is 23.1 Å². The Morgan fingerprint density at radius 1 is 1.46 bits per heavy atom. The van der Waals surface area contributed by atoms with E-state index in [2.05, 4.69) is 10.3 Å². The van der Waals surface area contributed by atoms with Crippen molar-refractivity contribution in [2.24, 2.45) is 5.92 Å². The maximum Gasteiger partial charge on any atom is 0.433 e. The van der Waals surface area contributed by atoms with Crippen LogP contribution in [0.15, 0.2) is 12.1 Å². The summed E-state index contributed by atoms with van der Waals surface area (Å²) in [5.41, 5.74) is -1.21. The fourth-order valence-electron chi connectivity index (χ4n) is 2.26. The minimum Gasteiger partial charge on any atom is -0.504 e. The van der Waals surface area contributed by atoms with Crippen molar-refractivity contribution in [3.05, 3.63) is 17.8 Å². The molecule has 0 bridgehead atoms. The number of alkyl halides is 3. The standard InChI is InChI=1S/C13H13F3N4O2.C2H6/c1-20-6-7(4-8(20)5-17)12(22)19-11-9(21)2-3-10(18-11)13(14,15)16;1-2/h2-3,7-8,21H,4,6H2,1H3,(H,18,19,22);1-2H3. The number of aromatic nitrogens is 1. The van der Waals surface area contributed by atoms with Crippen LogP contribution in [-0.2, 0) is 11.0 Å². The number of nitriles is 1. The van der Waals surface area contributed by atoms with Crippen LogP contribution in [0.5, 0.6) is 5.75 Å². The Kier molecular flexibility index (Phi) is 6.54. The van der Waals surface area contributed by atoms with Gasteiger partial charge in [0.15, 0.2) is 11.6 Å². The molecule has 1 aliphatic rings. The van der Waals surface area contributed by atoms with Crippen molar-refractivity contribution in [2.75, 3.05) is 18.9 Å². The zero-order valence-corrected chi connectivity index (χ0v) is 13.6. The average molecular weight is 344 g/mol. The van der Waals surface area contributed by atoms with E-state index >= 15 is 0 Å². The minimum absolute atomic E-state index is 0.276. The van der Waals surface area contributed by atoms with Gasteiger partial charge in [-0.25, -0.2) is 4.98 Å². The molecule has 2 heterocycles. The molecule has 1 aromatic rings. The smallest absolute Gasteiger partial charge is 0.433 e. The summed E-state index contributed by atoms with van der Waals surface area (Å²) in [6, 6.07) is 3.07. The number of hydrogen-bond acceptors (Lipinski definition) is 5. The zero-order valence-electron chi connectivity index (χ0n) is 13.6. The lowest BCUT2D eigenvalue weighted by Crippen LogP contribution is -2.26. The second-order valence-electron chi connectivity index (χ2n) is 5.07. The Balaban J connectivity index is 0.00000139. The molecule has 2 rings (SSSR count). The fraction of sp³-hybridized carbons (Fsp3) is 0.533. The van der Waals surface area contributed by atoms with E-state index in [1.54, 1.807) is 11.9 Å². The third-order valence-corrected chi connectivity index (χ3v) is 3.47. The number of halogens is 3. The van der Waals surface area contributed by atoms with E-state index in [0.29, 0.717) is 12.6 Å². The monoisotopic (exact) mass is 344 g/mol. The highest BCUT2D eigenvalue weighted by molar-refractivity contribution is 5.93. The topological polar surface area (TPSA) is 89.2 Å². The Bertz CT molecular complexity index is 628. The molecule has 2 N–H and O–H groups in total. The Morgan fingerprint density at radius 2 is 2.08 bits per heavy atom. The van der Waals surface area contributed by atoms with E-state index < -0.39 is 41.3 Å². The van der Waals surface area contributed by atoms with Gasteiger partial charge in [-0.05, 0) is 25.6 Å². The summed E-state index contributed by atoms with van der Waals surface area (Å²) in [5.74, 6) is -2.22. The van der Waals surface area contributed by atoms with Crippen LogP contribution < -0.4 is 5.32 Å². The minimum atomic E-state index is -4.67. The summed E-state index contributed by atoms with van der Waals surface area (Å²) in [5, 5.41) is 20.6. The van der Waals surface area contributed by atoms with Crippen molar-refractivity contribution in [3.8, 4) is 11.8 Å². The molecule has 24 heavy (non-hydrogen) atoms. The highest BCUT2D eigenvalue weighted by atomic mass is 19.4. The third kappa shape index (κ3) is 4.58. The van der Waals surface area contributed by atoms with Crippen LogP contribution in [0.4, 0.5) is 19.0 Å². The number of pyridine rings is 1. The number of nitrogens with one attached hydrogen (secondary N) is 1. The van der Waals surface area contributed by atoms with Crippen LogP contribution >= 0.6 is 0 Å². The van der Waals surface area contributed by atoms with Gasteiger partial charge in [-0.15, -0.1) is 0 Å². The van der Waals surface area contributed by atoms with Gasteiger partial charge in [-0.1, -0.05) is 13.8 Å². The number of hydrogen-bond donors (Lipinski definition) is 2. The van der Waals surface area contributed by atoms with Crippen LogP contribution in [0.25, 0.3) is 0 Å². The number of aromatic hydroxyl groups is 1. The number of likely N-dealkylation sites (tertiary alicyclic amines) is 1. The van der Waals surface area contributed by atoms with Crippen molar-refractivity contribution in [3.63, 3.8) is 0 Å². The molecule has 0 aromatic carbocycles. The van der Waals surface area contributed by atoms with Crippen molar-refractivity contribution in [1.82, 2.24) is 9.88 Å². The lowest BCUT2D eigenvalue weighted by Gasteiger charge is -2.13. The lowest BCUT2D eigenvalue weighted by atomic mass is 10.1. The molecule has 0 saturated carbocycles. The van der Waals surface area contributed by atoms with Crippen LogP contribution in [0.3, 0.4) is 0 Å². The number of carbonyl (C=O) groups excluding carboxylic acids is 1. The van der Waals surface area contributed by atoms with Gasteiger partial charge in [0.1, 0.15) is 5.69 Å². The molecular weight excluding hydrogens is 325 g/mol. The molecule has 0 aliphatic carbocycles. The highest BCUT2D eigenvalue weighted by Gasteiger charge is 2.36. The predicted octanol–water partition coefficient (Wildman–Crippen LogP) is 2.61. The van der Waals surface area contributed by atoms with Gasteiger partial charge < -0.3 is 10.4 Å². The second kappa shape index (κ2) is 7.97. The Morgan fingerprint density at radius 3 is 2.58 bits per heavy atom. The Labute approximate surface area is 137 Å². The molecule has 132 valence electrons. The third-order valence-electron chi connectivity index (χ3n) is 3.47. The molecule has 6 nitrogen and oxygen atoms in total. The van der Waals surface area contributed by atoms with Gasteiger partial charge in [0, 0.05) is 6.54 Å². The van der Waals surface area contributed by atoms with Gasteiger partial charge >= 0.3 is 6.18 Å². The van der Waals surface area contributed by atoms with Gasteiger partial charge in [0.05, 0.1) is 18.0 Å². The Hall–Kier alpha value is -2.34. The molecule has 0 spiro atoms. The molecule has 1 aliphatic heterocycles. The van der Waals surface area contributed by atoms with Gasteiger partial charge in [-0.2, -0.15) is 18.4 Å². The largest absolute Gasteiger partial charge is 0.504 e. The van der Waals surface area contributed by atoms with Crippen molar-refractivity contribution in [2.45, 2.75) is 32.5 Å². The summed E-state index contributed by atoms with van der Waals surface area (Å²) in [7, 11) is 1.68. The van der Waals surface area contributed by atoms with Crippen LogP contribution in [-0.4, -0.2) is 40.5 Å².